The number of benzene rings is 1. The quantitative estimate of drug-likeness (QED) is 0.827. The Morgan fingerprint density at radius 3 is 2.29 bits per heavy atom. The van der Waals surface area contributed by atoms with Crippen molar-refractivity contribution in [1.29, 1.82) is 0 Å². The van der Waals surface area contributed by atoms with Crippen LogP contribution in [0.3, 0.4) is 0 Å². The lowest BCUT2D eigenvalue weighted by molar-refractivity contribution is 0.392. The molecule has 17 heavy (non-hydrogen) atoms. The van der Waals surface area contributed by atoms with Crippen molar-refractivity contribution in [2.75, 3.05) is 14.2 Å². The van der Waals surface area contributed by atoms with E-state index in [1.54, 1.807) is 14.2 Å². The van der Waals surface area contributed by atoms with E-state index in [0.717, 1.165) is 36.3 Å². The van der Waals surface area contributed by atoms with Gasteiger partial charge in [0.05, 0.1) is 14.2 Å². The molecule has 0 aromatic heterocycles. The average molecular weight is 237 g/mol. The third-order valence-corrected chi connectivity index (χ3v) is 2.72. The minimum atomic E-state index is 0.116. The lowest BCUT2D eigenvalue weighted by Gasteiger charge is -2.16. The fraction of sp³-hybridized carbons (Fsp3) is 0.571. The summed E-state index contributed by atoms with van der Waals surface area (Å²) in [4.78, 5) is 0. The summed E-state index contributed by atoms with van der Waals surface area (Å²) < 4.78 is 10.8. The van der Waals surface area contributed by atoms with Gasteiger partial charge in [0.2, 0.25) is 0 Å². The molecule has 1 aromatic carbocycles. The summed E-state index contributed by atoms with van der Waals surface area (Å²) in [5, 5.41) is 0. The van der Waals surface area contributed by atoms with Gasteiger partial charge in [-0.3, -0.25) is 0 Å². The van der Waals surface area contributed by atoms with Gasteiger partial charge in [-0.15, -0.1) is 0 Å². The minimum Gasteiger partial charge on any atom is -0.497 e. The van der Waals surface area contributed by atoms with Crippen LogP contribution in [-0.2, 0) is 12.8 Å². The summed E-state index contributed by atoms with van der Waals surface area (Å²) in [5.74, 6) is 1.84. The largest absolute Gasteiger partial charge is 0.497 e. The summed E-state index contributed by atoms with van der Waals surface area (Å²) in [6.07, 6.45) is 2.88. The van der Waals surface area contributed by atoms with Crippen LogP contribution < -0.4 is 15.2 Å². The number of rotatable bonds is 6. The highest BCUT2D eigenvalue weighted by Crippen LogP contribution is 2.31. The molecule has 0 saturated heterocycles. The van der Waals surface area contributed by atoms with Crippen LogP contribution in [0.1, 0.15) is 31.4 Å². The Hall–Kier alpha value is -1.22. The Morgan fingerprint density at radius 2 is 1.82 bits per heavy atom. The van der Waals surface area contributed by atoms with E-state index in [4.69, 9.17) is 15.2 Å². The van der Waals surface area contributed by atoms with E-state index >= 15 is 0 Å². The maximum absolute atomic E-state index is 5.87. The van der Waals surface area contributed by atoms with E-state index in [2.05, 4.69) is 6.92 Å². The molecule has 96 valence electrons. The first-order chi connectivity index (χ1) is 8.12. The summed E-state index contributed by atoms with van der Waals surface area (Å²) in [7, 11) is 3.40. The van der Waals surface area contributed by atoms with Gasteiger partial charge < -0.3 is 15.2 Å². The zero-order chi connectivity index (χ0) is 12.8. The lowest BCUT2D eigenvalue weighted by Crippen LogP contribution is -2.18. The van der Waals surface area contributed by atoms with Crippen molar-refractivity contribution in [1.82, 2.24) is 0 Å². The van der Waals surface area contributed by atoms with Crippen LogP contribution in [0, 0.1) is 0 Å². The molecule has 1 atom stereocenters. The molecule has 0 aliphatic rings. The zero-order valence-corrected chi connectivity index (χ0v) is 11.2. The van der Waals surface area contributed by atoms with Crippen molar-refractivity contribution >= 4 is 0 Å². The predicted octanol–water partition coefficient (Wildman–Crippen LogP) is 2.55. The Bertz CT molecular complexity index is 361. The van der Waals surface area contributed by atoms with E-state index in [9.17, 15) is 0 Å². The summed E-state index contributed by atoms with van der Waals surface area (Å²) in [5.41, 5.74) is 8.20. The molecule has 0 heterocycles. The summed E-state index contributed by atoms with van der Waals surface area (Å²) in [6.45, 7) is 4.16. The Labute approximate surface area is 104 Å². The maximum atomic E-state index is 5.87. The molecule has 3 nitrogen and oxygen atoms in total. The van der Waals surface area contributed by atoms with Gasteiger partial charge in [0.25, 0.3) is 0 Å². The van der Waals surface area contributed by atoms with Crippen LogP contribution in [0.4, 0.5) is 0 Å². The molecule has 0 spiro atoms. The second-order valence-electron chi connectivity index (χ2n) is 4.41. The smallest absolute Gasteiger partial charge is 0.125 e. The van der Waals surface area contributed by atoms with Crippen molar-refractivity contribution in [3.8, 4) is 11.5 Å². The van der Waals surface area contributed by atoms with Gasteiger partial charge in [0, 0.05) is 6.04 Å². The second kappa shape index (κ2) is 6.50. The number of aryl methyl sites for hydroxylation is 1. The Balaban J connectivity index is 3.18. The van der Waals surface area contributed by atoms with Crippen LogP contribution in [0.5, 0.6) is 11.5 Å². The number of hydrogen-bond donors (Lipinski definition) is 1. The van der Waals surface area contributed by atoms with Crippen LogP contribution in [0.25, 0.3) is 0 Å². The van der Waals surface area contributed by atoms with E-state index in [0.29, 0.717) is 0 Å². The molecule has 1 unspecified atom stereocenters. The topological polar surface area (TPSA) is 44.5 Å². The van der Waals surface area contributed by atoms with E-state index in [-0.39, 0.29) is 6.04 Å². The number of methoxy groups -OCH3 is 2. The first kappa shape index (κ1) is 13.8. The molecule has 0 aliphatic carbocycles. The van der Waals surface area contributed by atoms with Gasteiger partial charge in [-0.05, 0) is 43.0 Å². The molecule has 1 rings (SSSR count). The summed E-state index contributed by atoms with van der Waals surface area (Å²) in [6, 6.07) is 4.18. The van der Waals surface area contributed by atoms with E-state index < -0.39 is 0 Å². The maximum Gasteiger partial charge on any atom is 0.125 e. The van der Waals surface area contributed by atoms with Crippen molar-refractivity contribution < 1.29 is 9.47 Å². The van der Waals surface area contributed by atoms with E-state index in [1.807, 2.05) is 19.1 Å². The highest BCUT2D eigenvalue weighted by atomic mass is 16.5. The Morgan fingerprint density at radius 1 is 1.18 bits per heavy atom. The van der Waals surface area contributed by atoms with Crippen LogP contribution in [-0.4, -0.2) is 20.3 Å². The van der Waals surface area contributed by atoms with Gasteiger partial charge in [-0.25, -0.2) is 0 Å². The predicted molar refractivity (Wildman–Crippen MR) is 70.9 cm³/mol. The first-order valence-electron chi connectivity index (χ1n) is 6.11. The zero-order valence-electron chi connectivity index (χ0n) is 11.2. The average Bonchev–Trinajstić information content (AvgIpc) is 2.28. The molecule has 0 bridgehead atoms. The molecule has 0 fully saturated rings. The van der Waals surface area contributed by atoms with Gasteiger partial charge in [-0.2, -0.15) is 0 Å². The van der Waals surface area contributed by atoms with Gasteiger partial charge in [-0.1, -0.05) is 13.3 Å². The lowest BCUT2D eigenvalue weighted by atomic mass is 9.99. The first-order valence-corrected chi connectivity index (χ1v) is 6.11. The molecule has 0 amide bonds. The molecular weight excluding hydrogens is 214 g/mol. The van der Waals surface area contributed by atoms with Crippen molar-refractivity contribution in [3.05, 3.63) is 23.3 Å². The second-order valence-corrected chi connectivity index (χ2v) is 4.41. The molecule has 0 saturated carbocycles. The van der Waals surface area contributed by atoms with Crippen LogP contribution in [0.2, 0.25) is 0 Å². The monoisotopic (exact) mass is 237 g/mol. The van der Waals surface area contributed by atoms with Crippen LogP contribution >= 0.6 is 0 Å². The molecular formula is C14H23NO2. The third-order valence-electron chi connectivity index (χ3n) is 2.72. The van der Waals surface area contributed by atoms with Crippen molar-refractivity contribution in [2.45, 2.75) is 39.2 Å². The SMILES string of the molecule is CCCc1cc(OC)cc(CC(C)N)c1OC. The van der Waals surface area contributed by atoms with Crippen molar-refractivity contribution in [2.24, 2.45) is 5.73 Å². The highest BCUT2D eigenvalue weighted by Gasteiger charge is 2.12. The standard InChI is InChI=1S/C14H23NO2/c1-5-6-11-8-13(16-3)9-12(7-10(2)15)14(11)17-4/h8-10H,5-7,15H2,1-4H3. The van der Waals surface area contributed by atoms with E-state index in [1.165, 1.54) is 5.56 Å². The van der Waals surface area contributed by atoms with Gasteiger partial charge >= 0.3 is 0 Å². The minimum absolute atomic E-state index is 0.116. The van der Waals surface area contributed by atoms with Crippen LogP contribution in [0.15, 0.2) is 12.1 Å². The van der Waals surface area contributed by atoms with Gasteiger partial charge in [0.15, 0.2) is 0 Å². The Kier molecular flexibility index (Phi) is 5.29. The number of ether oxygens (including phenoxy) is 2. The fourth-order valence-electron chi connectivity index (χ4n) is 2.06. The molecule has 0 aliphatic heterocycles. The molecule has 3 heteroatoms. The molecule has 1 aromatic rings. The molecule has 0 radical (unpaired) electrons. The number of nitrogens with two attached hydrogens (primary N) is 1. The van der Waals surface area contributed by atoms with Crippen molar-refractivity contribution in [3.63, 3.8) is 0 Å². The highest BCUT2D eigenvalue weighted by molar-refractivity contribution is 5.47. The normalized spacial score (nSPS) is 12.3. The third kappa shape index (κ3) is 3.63. The number of hydrogen-bond acceptors (Lipinski definition) is 3. The fourth-order valence-corrected chi connectivity index (χ4v) is 2.06. The summed E-state index contributed by atoms with van der Waals surface area (Å²) >= 11 is 0. The molecule has 2 N–H and O–H groups in total. The van der Waals surface area contributed by atoms with Gasteiger partial charge in [0.1, 0.15) is 11.5 Å².